The quantitative estimate of drug-likeness (QED) is 0.757. The van der Waals surface area contributed by atoms with Crippen LogP contribution in [0.25, 0.3) is 0 Å². The maximum absolute atomic E-state index is 12.8. The Balaban J connectivity index is 1.69. The number of carbonyl (C=O) groups excluding carboxylic acids is 3. The highest BCUT2D eigenvalue weighted by Gasteiger charge is 2.35. The van der Waals surface area contributed by atoms with E-state index in [-0.39, 0.29) is 24.1 Å². The summed E-state index contributed by atoms with van der Waals surface area (Å²) in [4.78, 5) is 39.3. The van der Waals surface area contributed by atoms with E-state index in [4.69, 9.17) is 0 Å². The lowest BCUT2D eigenvalue weighted by molar-refractivity contribution is -0.122. The number of carbonyl (C=O) groups is 3. The fourth-order valence-electron chi connectivity index (χ4n) is 3.40. The van der Waals surface area contributed by atoms with Crippen LogP contribution in [0.4, 0.5) is 11.4 Å². The van der Waals surface area contributed by atoms with Gasteiger partial charge in [0, 0.05) is 25.2 Å². The second kappa shape index (κ2) is 9.37. The molecule has 152 valence electrons. The number of nitrogens with zero attached hydrogens (tertiary/aromatic N) is 1. The normalized spacial score (nSPS) is 16.0. The van der Waals surface area contributed by atoms with Crippen LogP contribution in [0.2, 0.25) is 0 Å². The van der Waals surface area contributed by atoms with Crippen molar-refractivity contribution in [3.63, 3.8) is 0 Å². The molecule has 29 heavy (non-hydrogen) atoms. The molecule has 0 bridgehead atoms. The smallest absolute Gasteiger partial charge is 0.253 e. The Morgan fingerprint density at radius 3 is 2.48 bits per heavy atom. The molecule has 1 fully saturated rings. The SMILES string of the molecule is CCCNC(=O)c1ccccc1NC(=O)C1CC(=O)N(c2ccc(CC)cc2)C1. The van der Waals surface area contributed by atoms with E-state index in [1.54, 1.807) is 29.2 Å². The van der Waals surface area contributed by atoms with Gasteiger partial charge < -0.3 is 15.5 Å². The molecule has 3 amide bonds. The van der Waals surface area contributed by atoms with Crippen LogP contribution in [0.1, 0.15) is 42.6 Å². The van der Waals surface area contributed by atoms with Gasteiger partial charge in [0.1, 0.15) is 0 Å². The Kier molecular flexibility index (Phi) is 6.65. The van der Waals surface area contributed by atoms with E-state index in [0.717, 1.165) is 18.5 Å². The molecule has 0 aliphatic carbocycles. The number of amides is 3. The van der Waals surface area contributed by atoms with Gasteiger partial charge in [-0.3, -0.25) is 14.4 Å². The number of rotatable bonds is 7. The Morgan fingerprint density at radius 2 is 1.79 bits per heavy atom. The maximum Gasteiger partial charge on any atom is 0.253 e. The van der Waals surface area contributed by atoms with Crippen LogP contribution in [0.5, 0.6) is 0 Å². The Morgan fingerprint density at radius 1 is 1.07 bits per heavy atom. The van der Waals surface area contributed by atoms with Gasteiger partial charge >= 0.3 is 0 Å². The van der Waals surface area contributed by atoms with Crippen molar-refractivity contribution in [3.05, 3.63) is 59.7 Å². The van der Waals surface area contributed by atoms with Crippen molar-refractivity contribution >= 4 is 29.1 Å². The van der Waals surface area contributed by atoms with Gasteiger partial charge in [-0.15, -0.1) is 0 Å². The van der Waals surface area contributed by atoms with E-state index in [1.165, 1.54) is 5.56 Å². The minimum atomic E-state index is -0.458. The van der Waals surface area contributed by atoms with E-state index in [9.17, 15) is 14.4 Å². The molecule has 0 aromatic heterocycles. The number of anilines is 2. The maximum atomic E-state index is 12.8. The summed E-state index contributed by atoms with van der Waals surface area (Å²) in [5.41, 5.74) is 2.89. The summed E-state index contributed by atoms with van der Waals surface area (Å²) in [5.74, 6) is -0.992. The van der Waals surface area contributed by atoms with Crippen molar-refractivity contribution in [2.75, 3.05) is 23.3 Å². The first kappa shape index (κ1) is 20.6. The van der Waals surface area contributed by atoms with Crippen molar-refractivity contribution in [3.8, 4) is 0 Å². The summed E-state index contributed by atoms with van der Waals surface area (Å²) in [6.45, 7) is 4.97. The van der Waals surface area contributed by atoms with Crippen molar-refractivity contribution in [1.29, 1.82) is 0 Å². The fraction of sp³-hybridized carbons (Fsp3) is 0.348. The molecule has 0 saturated carbocycles. The largest absolute Gasteiger partial charge is 0.352 e. The highest BCUT2D eigenvalue weighted by molar-refractivity contribution is 6.07. The molecule has 1 unspecified atom stereocenters. The summed E-state index contributed by atoms with van der Waals surface area (Å²) in [5, 5.41) is 5.67. The minimum absolute atomic E-state index is 0.0663. The molecule has 0 radical (unpaired) electrons. The molecule has 1 heterocycles. The van der Waals surface area contributed by atoms with Crippen LogP contribution in [-0.4, -0.2) is 30.8 Å². The zero-order chi connectivity index (χ0) is 20.8. The van der Waals surface area contributed by atoms with Crippen LogP contribution in [0, 0.1) is 5.92 Å². The van der Waals surface area contributed by atoms with Gasteiger partial charge in [-0.25, -0.2) is 0 Å². The van der Waals surface area contributed by atoms with Crippen LogP contribution in [0.15, 0.2) is 48.5 Å². The van der Waals surface area contributed by atoms with Crippen molar-refractivity contribution < 1.29 is 14.4 Å². The molecule has 1 atom stereocenters. The van der Waals surface area contributed by atoms with Crippen LogP contribution in [-0.2, 0) is 16.0 Å². The Hall–Kier alpha value is -3.15. The van der Waals surface area contributed by atoms with Crippen molar-refractivity contribution in [2.45, 2.75) is 33.1 Å². The predicted octanol–water partition coefficient (Wildman–Crippen LogP) is 3.38. The number of aryl methyl sites for hydroxylation is 1. The third-order valence-electron chi connectivity index (χ3n) is 5.12. The van der Waals surface area contributed by atoms with Gasteiger partial charge in [0.05, 0.1) is 17.2 Å². The molecule has 6 nitrogen and oxygen atoms in total. The molecule has 3 rings (SSSR count). The minimum Gasteiger partial charge on any atom is -0.352 e. The number of benzene rings is 2. The lowest BCUT2D eigenvalue weighted by Crippen LogP contribution is -2.29. The zero-order valence-electron chi connectivity index (χ0n) is 16.9. The Labute approximate surface area is 171 Å². The topological polar surface area (TPSA) is 78.5 Å². The molecular weight excluding hydrogens is 366 g/mol. The summed E-state index contributed by atoms with van der Waals surface area (Å²) < 4.78 is 0. The first-order chi connectivity index (χ1) is 14.0. The van der Waals surface area contributed by atoms with Gasteiger partial charge in [-0.05, 0) is 42.7 Å². The molecule has 2 N–H and O–H groups in total. The van der Waals surface area contributed by atoms with E-state index in [2.05, 4.69) is 17.6 Å². The Bertz CT molecular complexity index is 892. The predicted molar refractivity (Wildman–Crippen MR) is 114 cm³/mol. The number of para-hydroxylation sites is 1. The highest BCUT2D eigenvalue weighted by atomic mass is 16.2. The van der Waals surface area contributed by atoms with Gasteiger partial charge in [0.15, 0.2) is 0 Å². The van der Waals surface area contributed by atoms with Gasteiger partial charge in [0.25, 0.3) is 5.91 Å². The average molecular weight is 393 g/mol. The first-order valence-corrected chi connectivity index (χ1v) is 10.1. The van der Waals surface area contributed by atoms with Gasteiger partial charge in [-0.1, -0.05) is 38.1 Å². The lowest BCUT2D eigenvalue weighted by Gasteiger charge is -2.17. The summed E-state index contributed by atoms with van der Waals surface area (Å²) in [6.07, 6.45) is 1.93. The zero-order valence-corrected chi connectivity index (χ0v) is 16.9. The average Bonchev–Trinajstić information content (AvgIpc) is 3.14. The van der Waals surface area contributed by atoms with E-state index < -0.39 is 5.92 Å². The summed E-state index contributed by atoms with van der Waals surface area (Å²) in [6, 6.07) is 14.8. The van der Waals surface area contributed by atoms with Crippen LogP contribution in [0.3, 0.4) is 0 Å². The second-order valence-electron chi connectivity index (χ2n) is 7.22. The molecule has 1 saturated heterocycles. The molecule has 0 spiro atoms. The van der Waals surface area contributed by atoms with Crippen molar-refractivity contribution in [2.24, 2.45) is 5.92 Å². The van der Waals surface area contributed by atoms with E-state index in [0.29, 0.717) is 24.3 Å². The molecule has 2 aromatic carbocycles. The van der Waals surface area contributed by atoms with Gasteiger partial charge in [-0.2, -0.15) is 0 Å². The lowest BCUT2D eigenvalue weighted by atomic mass is 10.1. The molecule has 6 heteroatoms. The molecule has 2 aromatic rings. The van der Waals surface area contributed by atoms with Crippen LogP contribution < -0.4 is 15.5 Å². The third kappa shape index (κ3) is 4.83. The molecular formula is C23H27N3O3. The van der Waals surface area contributed by atoms with E-state index in [1.807, 2.05) is 31.2 Å². The standard InChI is InChI=1S/C23H27N3O3/c1-3-13-24-23(29)19-7-5-6-8-20(19)25-22(28)17-14-21(27)26(15-17)18-11-9-16(4-2)10-12-18/h5-12,17H,3-4,13-15H2,1-2H3,(H,24,29)(H,25,28). The highest BCUT2D eigenvalue weighted by Crippen LogP contribution is 2.27. The van der Waals surface area contributed by atoms with Crippen LogP contribution >= 0.6 is 0 Å². The number of hydrogen-bond acceptors (Lipinski definition) is 3. The molecule has 1 aliphatic heterocycles. The second-order valence-corrected chi connectivity index (χ2v) is 7.22. The van der Waals surface area contributed by atoms with Crippen molar-refractivity contribution in [1.82, 2.24) is 5.32 Å². The molecule has 1 aliphatic rings. The third-order valence-corrected chi connectivity index (χ3v) is 5.12. The monoisotopic (exact) mass is 393 g/mol. The van der Waals surface area contributed by atoms with E-state index >= 15 is 0 Å². The first-order valence-electron chi connectivity index (χ1n) is 10.1. The fourth-order valence-corrected chi connectivity index (χ4v) is 3.40. The van der Waals surface area contributed by atoms with Gasteiger partial charge in [0.2, 0.25) is 11.8 Å². The number of hydrogen-bond donors (Lipinski definition) is 2. The summed E-state index contributed by atoms with van der Waals surface area (Å²) >= 11 is 0. The summed E-state index contributed by atoms with van der Waals surface area (Å²) in [7, 11) is 0. The number of nitrogens with one attached hydrogen (secondary N) is 2.